The Bertz CT molecular complexity index is 361. The molecule has 0 spiro atoms. The second kappa shape index (κ2) is 6.94. The first kappa shape index (κ1) is 13.6. The summed E-state index contributed by atoms with van der Waals surface area (Å²) >= 11 is 0. The van der Waals surface area contributed by atoms with E-state index >= 15 is 0 Å². The van der Waals surface area contributed by atoms with E-state index in [4.69, 9.17) is 4.74 Å². The van der Waals surface area contributed by atoms with Crippen molar-refractivity contribution < 1.29 is 9.53 Å². The third-order valence-corrected chi connectivity index (χ3v) is 2.56. The van der Waals surface area contributed by atoms with E-state index in [1.165, 1.54) is 0 Å². The highest BCUT2D eigenvalue weighted by Gasteiger charge is 2.03. The predicted octanol–water partition coefficient (Wildman–Crippen LogP) is 2.99. The minimum Gasteiger partial charge on any atom is -0.461 e. The number of carbonyl (C=O) groups excluding carboxylic acids is 1. The molecule has 1 rings (SSSR count). The van der Waals surface area contributed by atoms with Crippen LogP contribution in [0.2, 0.25) is 0 Å². The maximum atomic E-state index is 11.4. The number of rotatable bonds is 6. The molecule has 0 bridgehead atoms. The lowest BCUT2D eigenvalue weighted by Gasteiger charge is -2.13. The van der Waals surface area contributed by atoms with E-state index in [1.54, 1.807) is 0 Å². The van der Waals surface area contributed by atoms with Gasteiger partial charge in [-0.15, -0.1) is 0 Å². The number of anilines is 1. The molecule has 0 aromatic heterocycles. The van der Waals surface area contributed by atoms with E-state index < -0.39 is 0 Å². The number of nitrogens with zero attached hydrogens (tertiary/aromatic N) is 1. The second-order valence-electron chi connectivity index (χ2n) is 4.33. The largest absolute Gasteiger partial charge is 0.461 e. The van der Waals surface area contributed by atoms with Crippen molar-refractivity contribution in [1.82, 2.24) is 0 Å². The third-order valence-electron chi connectivity index (χ3n) is 2.56. The van der Waals surface area contributed by atoms with Crippen molar-refractivity contribution >= 4 is 11.7 Å². The number of benzene rings is 1. The first-order chi connectivity index (χ1) is 8.13. The predicted molar refractivity (Wildman–Crippen MR) is 70.1 cm³/mol. The number of hydrogen-bond acceptors (Lipinski definition) is 3. The zero-order valence-electron chi connectivity index (χ0n) is 10.9. The summed E-state index contributed by atoms with van der Waals surface area (Å²) in [7, 11) is 3.98. The summed E-state index contributed by atoms with van der Waals surface area (Å²) in [5, 5.41) is 0. The summed E-state index contributed by atoms with van der Waals surface area (Å²) in [5.41, 5.74) is 2.15. The Balaban J connectivity index is 2.46. The molecule has 0 aliphatic heterocycles. The number of unbranched alkanes of at least 4 members (excludes halogenated alkanes) is 1. The van der Waals surface area contributed by atoms with Crippen LogP contribution in [-0.2, 0) is 16.1 Å². The third kappa shape index (κ3) is 4.89. The van der Waals surface area contributed by atoms with Gasteiger partial charge in [0.15, 0.2) is 0 Å². The second-order valence-corrected chi connectivity index (χ2v) is 4.33. The SMILES string of the molecule is CCCCC(=O)OCc1cccc(N(C)C)c1. The lowest BCUT2D eigenvalue weighted by atomic mass is 10.2. The van der Waals surface area contributed by atoms with E-state index in [2.05, 4.69) is 6.92 Å². The van der Waals surface area contributed by atoms with Gasteiger partial charge in [0.1, 0.15) is 6.61 Å². The summed E-state index contributed by atoms with van der Waals surface area (Å²) < 4.78 is 5.21. The summed E-state index contributed by atoms with van der Waals surface area (Å²) in [6.07, 6.45) is 2.44. The van der Waals surface area contributed by atoms with E-state index in [1.807, 2.05) is 43.3 Å². The van der Waals surface area contributed by atoms with Crippen LogP contribution in [0.1, 0.15) is 31.7 Å². The normalized spacial score (nSPS) is 10.1. The minimum absolute atomic E-state index is 0.109. The number of ether oxygens (including phenoxy) is 1. The molecular weight excluding hydrogens is 214 g/mol. The molecule has 0 atom stereocenters. The average molecular weight is 235 g/mol. The molecule has 0 N–H and O–H groups in total. The van der Waals surface area contributed by atoms with Crippen LogP contribution >= 0.6 is 0 Å². The Morgan fingerprint density at radius 3 is 2.76 bits per heavy atom. The van der Waals surface area contributed by atoms with Crippen molar-refractivity contribution in [1.29, 1.82) is 0 Å². The molecule has 0 aliphatic carbocycles. The summed E-state index contributed by atoms with van der Waals surface area (Å²) in [5.74, 6) is -0.109. The number of esters is 1. The molecule has 0 amide bonds. The van der Waals surface area contributed by atoms with Crippen LogP contribution in [0.15, 0.2) is 24.3 Å². The van der Waals surface area contributed by atoms with Gasteiger partial charge in [0.2, 0.25) is 0 Å². The Labute approximate surface area is 103 Å². The van der Waals surface area contributed by atoms with Gasteiger partial charge >= 0.3 is 5.97 Å². The number of hydrogen-bond donors (Lipinski definition) is 0. The molecule has 3 heteroatoms. The first-order valence-electron chi connectivity index (χ1n) is 6.05. The molecule has 3 nitrogen and oxygen atoms in total. The van der Waals surface area contributed by atoms with Crippen LogP contribution in [0.5, 0.6) is 0 Å². The zero-order valence-corrected chi connectivity index (χ0v) is 10.9. The summed E-state index contributed by atoms with van der Waals surface area (Å²) in [4.78, 5) is 13.4. The van der Waals surface area contributed by atoms with Crippen molar-refractivity contribution in [2.75, 3.05) is 19.0 Å². The van der Waals surface area contributed by atoms with Gasteiger partial charge < -0.3 is 9.64 Å². The lowest BCUT2D eigenvalue weighted by Crippen LogP contribution is -2.09. The smallest absolute Gasteiger partial charge is 0.306 e. The molecule has 0 unspecified atom stereocenters. The van der Waals surface area contributed by atoms with Gasteiger partial charge in [-0.1, -0.05) is 25.5 Å². The number of carbonyl (C=O) groups is 1. The van der Waals surface area contributed by atoms with E-state index in [0.717, 1.165) is 24.1 Å². The molecule has 17 heavy (non-hydrogen) atoms. The highest BCUT2D eigenvalue weighted by Crippen LogP contribution is 2.14. The van der Waals surface area contributed by atoms with Crippen molar-refractivity contribution in [2.24, 2.45) is 0 Å². The molecule has 0 heterocycles. The van der Waals surface area contributed by atoms with Crippen molar-refractivity contribution in [3.63, 3.8) is 0 Å². The molecular formula is C14H21NO2. The molecule has 0 saturated heterocycles. The van der Waals surface area contributed by atoms with Crippen molar-refractivity contribution in [3.05, 3.63) is 29.8 Å². The van der Waals surface area contributed by atoms with Gasteiger partial charge in [-0.05, 0) is 24.1 Å². The molecule has 1 aromatic carbocycles. The molecule has 0 aliphatic rings. The molecule has 1 aromatic rings. The van der Waals surface area contributed by atoms with E-state index in [-0.39, 0.29) is 5.97 Å². The fourth-order valence-corrected chi connectivity index (χ4v) is 1.48. The van der Waals surface area contributed by atoms with E-state index in [0.29, 0.717) is 13.0 Å². The van der Waals surface area contributed by atoms with Gasteiger partial charge in [0.25, 0.3) is 0 Å². The topological polar surface area (TPSA) is 29.5 Å². The van der Waals surface area contributed by atoms with Crippen LogP contribution in [0, 0.1) is 0 Å². The highest BCUT2D eigenvalue weighted by molar-refractivity contribution is 5.69. The Hall–Kier alpha value is -1.51. The first-order valence-corrected chi connectivity index (χ1v) is 6.05. The van der Waals surface area contributed by atoms with E-state index in [9.17, 15) is 4.79 Å². The fourth-order valence-electron chi connectivity index (χ4n) is 1.48. The zero-order chi connectivity index (χ0) is 12.7. The monoisotopic (exact) mass is 235 g/mol. The van der Waals surface area contributed by atoms with Gasteiger partial charge in [-0.2, -0.15) is 0 Å². The van der Waals surface area contributed by atoms with Gasteiger partial charge in [-0.25, -0.2) is 0 Å². The minimum atomic E-state index is -0.109. The van der Waals surface area contributed by atoms with Crippen LogP contribution in [0.25, 0.3) is 0 Å². The molecule has 0 radical (unpaired) electrons. The van der Waals surface area contributed by atoms with Crippen LogP contribution in [-0.4, -0.2) is 20.1 Å². The molecule has 0 saturated carbocycles. The van der Waals surface area contributed by atoms with Gasteiger partial charge in [0.05, 0.1) is 0 Å². The summed E-state index contributed by atoms with van der Waals surface area (Å²) in [6.45, 7) is 2.43. The van der Waals surface area contributed by atoms with Crippen LogP contribution in [0.3, 0.4) is 0 Å². The highest BCUT2D eigenvalue weighted by atomic mass is 16.5. The Morgan fingerprint density at radius 1 is 1.35 bits per heavy atom. The van der Waals surface area contributed by atoms with Crippen molar-refractivity contribution in [3.8, 4) is 0 Å². The van der Waals surface area contributed by atoms with Crippen LogP contribution < -0.4 is 4.90 Å². The standard InChI is InChI=1S/C14H21NO2/c1-4-5-9-14(16)17-11-12-7-6-8-13(10-12)15(2)3/h6-8,10H,4-5,9,11H2,1-3H3. The molecule has 0 fully saturated rings. The maximum absolute atomic E-state index is 11.4. The fraction of sp³-hybridized carbons (Fsp3) is 0.500. The quantitative estimate of drug-likeness (QED) is 0.710. The van der Waals surface area contributed by atoms with Crippen molar-refractivity contribution in [2.45, 2.75) is 32.8 Å². The maximum Gasteiger partial charge on any atom is 0.306 e. The molecule has 94 valence electrons. The lowest BCUT2D eigenvalue weighted by molar-refractivity contribution is -0.145. The Morgan fingerprint density at radius 2 is 2.12 bits per heavy atom. The Kier molecular flexibility index (Phi) is 5.53. The average Bonchev–Trinajstić information content (AvgIpc) is 2.34. The van der Waals surface area contributed by atoms with Gasteiger partial charge in [0, 0.05) is 26.2 Å². The van der Waals surface area contributed by atoms with Gasteiger partial charge in [-0.3, -0.25) is 4.79 Å². The summed E-state index contributed by atoms with van der Waals surface area (Å²) in [6, 6.07) is 8.01. The van der Waals surface area contributed by atoms with Crippen LogP contribution in [0.4, 0.5) is 5.69 Å².